The van der Waals surface area contributed by atoms with Gasteiger partial charge in [-0.15, -0.1) is 10.2 Å². The number of nitrogens with one attached hydrogen (secondary N) is 1. The fourth-order valence-corrected chi connectivity index (χ4v) is 3.81. The van der Waals surface area contributed by atoms with Crippen LogP contribution in [0, 0.1) is 19.8 Å². The molecule has 9 heteroatoms. The molecule has 0 saturated heterocycles. The van der Waals surface area contributed by atoms with Crippen LogP contribution >= 0.6 is 0 Å². The van der Waals surface area contributed by atoms with E-state index in [9.17, 15) is 9.90 Å². The number of pyridine rings is 1. The fraction of sp³-hybridized carbons (Fsp3) is 0.462. The number of aliphatic hydroxyl groups is 2. The maximum Gasteiger partial charge on any atom is 0.248 e. The second-order valence-electron chi connectivity index (χ2n) is 9.06. The van der Waals surface area contributed by atoms with Crippen LogP contribution in [0.1, 0.15) is 43.3 Å². The summed E-state index contributed by atoms with van der Waals surface area (Å²) in [6.45, 7) is 9.58. The number of hydrogen-bond donors (Lipinski definition) is 3. The van der Waals surface area contributed by atoms with Crippen molar-refractivity contribution < 1.29 is 24.2 Å². The van der Waals surface area contributed by atoms with Gasteiger partial charge in [-0.25, -0.2) is 0 Å². The Labute approximate surface area is 205 Å². The first-order valence-electron chi connectivity index (χ1n) is 11.8. The maximum absolute atomic E-state index is 11.1. The van der Waals surface area contributed by atoms with Gasteiger partial charge >= 0.3 is 0 Å². The van der Waals surface area contributed by atoms with Gasteiger partial charge in [0.1, 0.15) is 25.1 Å². The molecule has 3 rings (SSSR count). The molecule has 0 saturated carbocycles. The standard InChI is InChI=1S/C26H34N4O5/c1-6-18-10-19(8-16(4)24(18)34-14-22(32)12-27-23(33)13-31)25-29-30-26(35-25)20-9-17(5)28-21(11-20)7-15(2)3/h8-11,15,22,31-32H,6-7,12-14H2,1-5H3,(H,27,33)/t22-/m1/s1. The van der Waals surface area contributed by atoms with Crippen LogP contribution in [0.5, 0.6) is 5.75 Å². The van der Waals surface area contributed by atoms with Gasteiger partial charge in [-0.2, -0.15) is 0 Å². The summed E-state index contributed by atoms with van der Waals surface area (Å²) >= 11 is 0. The highest BCUT2D eigenvalue weighted by molar-refractivity contribution is 5.76. The zero-order valence-electron chi connectivity index (χ0n) is 21.0. The first-order chi connectivity index (χ1) is 16.7. The van der Waals surface area contributed by atoms with Gasteiger partial charge in [-0.1, -0.05) is 20.8 Å². The molecule has 0 fully saturated rings. The van der Waals surface area contributed by atoms with E-state index in [0.29, 0.717) is 29.9 Å². The Hall–Kier alpha value is -3.30. The summed E-state index contributed by atoms with van der Waals surface area (Å²) in [4.78, 5) is 15.8. The largest absolute Gasteiger partial charge is 0.490 e. The predicted octanol–water partition coefficient (Wildman–Crippen LogP) is 3.02. The van der Waals surface area contributed by atoms with Crippen molar-refractivity contribution in [2.24, 2.45) is 5.92 Å². The van der Waals surface area contributed by atoms with Gasteiger partial charge in [-0.05, 0) is 68.0 Å². The molecule has 188 valence electrons. The SMILES string of the molecule is CCc1cc(-c2nnc(-c3cc(C)nc(CC(C)C)c3)o2)cc(C)c1OC[C@H](O)CNC(=O)CO. The summed E-state index contributed by atoms with van der Waals surface area (Å²) in [5.41, 5.74) is 5.34. The summed E-state index contributed by atoms with van der Waals surface area (Å²) in [6, 6.07) is 7.79. The molecule has 2 aromatic heterocycles. The first kappa shape index (κ1) is 26.3. The van der Waals surface area contributed by atoms with Crippen molar-refractivity contribution in [2.45, 2.75) is 53.6 Å². The quantitative estimate of drug-likeness (QED) is 0.380. The van der Waals surface area contributed by atoms with Gasteiger partial charge in [0.05, 0.1) is 0 Å². The van der Waals surface area contributed by atoms with Crippen molar-refractivity contribution in [1.82, 2.24) is 20.5 Å². The molecule has 35 heavy (non-hydrogen) atoms. The van der Waals surface area contributed by atoms with Crippen molar-refractivity contribution in [1.29, 1.82) is 0 Å². The number of benzene rings is 1. The Bertz CT molecular complexity index is 1160. The van der Waals surface area contributed by atoms with Crippen LogP contribution in [-0.4, -0.2) is 57.2 Å². The van der Waals surface area contributed by atoms with Crippen LogP contribution in [-0.2, 0) is 17.6 Å². The summed E-state index contributed by atoms with van der Waals surface area (Å²) in [7, 11) is 0. The lowest BCUT2D eigenvalue weighted by atomic mass is 10.0. The van der Waals surface area contributed by atoms with E-state index in [0.717, 1.165) is 40.1 Å². The normalized spacial score (nSPS) is 12.1. The molecular weight excluding hydrogens is 448 g/mol. The molecule has 3 aromatic rings. The molecule has 1 atom stereocenters. The molecule has 0 aliphatic carbocycles. The van der Waals surface area contributed by atoms with E-state index in [2.05, 4.69) is 34.3 Å². The second kappa shape index (κ2) is 11.9. The lowest BCUT2D eigenvalue weighted by Crippen LogP contribution is -2.36. The van der Waals surface area contributed by atoms with Gasteiger partial charge in [0.15, 0.2) is 0 Å². The van der Waals surface area contributed by atoms with Crippen LogP contribution in [0.25, 0.3) is 22.9 Å². The molecule has 0 unspecified atom stereocenters. The number of nitrogens with zero attached hydrogens (tertiary/aromatic N) is 3. The molecular formula is C26H34N4O5. The minimum atomic E-state index is -0.905. The number of rotatable bonds is 11. The van der Waals surface area contributed by atoms with Crippen molar-refractivity contribution >= 4 is 5.91 Å². The molecule has 1 aromatic carbocycles. The molecule has 0 aliphatic heterocycles. The average Bonchev–Trinajstić information content (AvgIpc) is 3.31. The van der Waals surface area contributed by atoms with E-state index in [1.807, 2.05) is 45.0 Å². The molecule has 3 N–H and O–H groups in total. The van der Waals surface area contributed by atoms with Crippen LogP contribution in [0.2, 0.25) is 0 Å². The minimum absolute atomic E-state index is 0.00368. The lowest BCUT2D eigenvalue weighted by molar-refractivity contribution is -0.124. The second-order valence-corrected chi connectivity index (χ2v) is 9.06. The van der Waals surface area contributed by atoms with Gasteiger partial charge in [0.2, 0.25) is 17.7 Å². The van der Waals surface area contributed by atoms with E-state index in [-0.39, 0.29) is 13.2 Å². The number of amides is 1. The minimum Gasteiger partial charge on any atom is -0.490 e. The van der Waals surface area contributed by atoms with E-state index < -0.39 is 18.6 Å². The molecule has 9 nitrogen and oxygen atoms in total. The third-order valence-electron chi connectivity index (χ3n) is 5.37. The number of aryl methyl sites for hydroxylation is 3. The Morgan fingerprint density at radius 3 is 2.43 bits per heavy atom. The van der Waals surface area contributed by atoms with Gasteiger partial charge in [0.25, 0.3) is 0 Å². The van der Waals surface area contributed by atoms with Crippen LogP contribution < -0.4 is 10.1 Å². The lowest BCUT2D eigenvalue weighted by Gasteiger charge is -2.17. The van der Waals surface area contributed by atoms with E-state index in [1.54, 1.807) is 0 Å². The van der Waals surface area contributed by atoms with Crippen LogP contribution in [0.3, 0.4) is 0 Å². The van der Waals surface area contributed by atoms with Crippen molar-refractivity contribution in [3.63, 3.8) is 0 Å². The average molecular weight is 483 g/mol. The third kappa shape index (κ3) is 7.10. The van der Waals surface area contributed by atoms with E-state index in [1.165, 1.54) is 0 Å². The number of aromatic nitrogens is 3. The number of carbonyl (C=O) groups is 1. The highest BCUT2D eigenvalue weighted by atomic mass is 16.5. The van der Waals surface area contributed by atoms with Gasteiger partial charge in [-0.3, -0.25) is 9.78 Å². The van der Waals surface area contributed by atoms with Crippen LogP contribution in [0.15, 0.2) is 28.7 Å². The zero-order valence-corrected chi connectivity index (χ0v) is 21.0. The van der Waals surface area contributed by atoms with Crippen LogP contribution in [0.4, 0.5) is 0 Å². The molecule has 0 bridgehead atoms. The van der Waals surface area contributed by atoms with Crippen molar-refractivity contribution in [3.05, 3.63) is 46.8 Å². The van der Waals surface area contributed by atoms with Gasteiger partial charge < -0.3 is 24.7 Å². The number of hydrogen-bond acceptors (Lipinski definition) is 8. The molecule has 2 heterocycles. The summed E-state index contributed by atoms with van der Waals surface area (Å²) in [6.07, 6.45) is 0.667. The highest BCUT2D eigenvalue weighted by Crippen LogP contribution is 2.32. The molecule has 0 spiro atoms. The number of carbonyl (C=O) groups excluding carboxylic acids is 1. The summed E-state index contributed by atoms with van der Waals surface area (Å²) in [5.74, 6) is 1.48. The Morgan fingerprint density at radius 1 is 1.11 bits per heavy atom. The topological polar surface area (TPSA) is 131 Å². The molecule has 0 radical (unpaired) electrons. The zero-order chi connectivity index (χ0) is 25.5. The Morgan fingerprint density at radius 2 is 1.80 bits per heavy atom. The Balaban J connectivity index is 1.79. The summed E-state index contributed by atoms with van der Waals surface area (Å²) in [5, 5.41) is 29.8. The van der Waals surface area contributed by atoms with Crippen molar-refractivity contribution in [3.8, 4) is 28.7 Å². The van der Waals surface area contributed by atoms with E-state index in [4.69, 9.17) is 14.3 Å². The Kier molecular flexibility index (Phi) is 8.95. The molecule has 0 aliphatic rings. The third-order valence-corrected chi connectivity index (χ3v) is 5.37. The highest BCUT2D eigenvalue weighted by Gasteiger charge is 2.17. The first-order valence-corrected chi connectivity index (χ1v) is 11.8. The smallest absolute Gasteiger partial charge is 0.248 e. The number of ether oxygens (including phenoxy) is 1. The maximum atomic E-state index is 11.1. The fourth-order valence-electron chi connectivity index (χ4n) is 3.81. The molecule has 1 amide bonds. The van der Waals surface area contributed by atoms with Gasteiger partial charge in [0, 0.05) is 29.1 Å². The monoisotopic (exact) mass is 482 g/mol. The van der Waals surface area contributed by atoms with E-state index >= 15 is 0 Å². The van der Waals surface area contributed by atoms with Crippen molar-refractivity contribution in [2.75, 3.05) is 19.8 Å². The predicted molar refractivity (Wildman–Crippen MR) is 132 cm³/mol. The summed E-state index contributed by atoms with van der Waals surface area (Å²) < 4.78 is 11.9. The number of aliphatic hydroxyl groups excluding tert-OH is 2.